The van der Waals surface area contributed by atoms with E-state index in [2.05, 4.69) is 55.4 Å². The van der Waals surface area contributed by atoms with Crippen molar-refractivity contribution in [3.63, 3.8) is 0 Å². The van der Waals surface area contributed by atoms with E-state index >= 15 is 0 Å². The minimum atomic E-state index is -4.96. The molecule has 0 saturated carbocycles. The Labute approximate surface area is 607 Å². The maximum atomic E-state index is 13.1. The molecule has 0 saturated heterocycles. The average Bonchev–Trinajstić information content (AvgIpc) is 1.13. The molecule has 0 aromatic heterocycles. The van der Waals surface area contributed by atoms with Gasteiger partial charge in [0.15, 0.2) is 12.2 Å². The lowest BCUT2D eigenvalue weighted by Crippen LogP contribution is -2.30. The summed E-state index contributed by atoms with van der Waals surface area (Å²) in [5, 5.41) is 10.6. The highest BCUT2D eigenvalue weighted by molar-refractivity contribution is 7.47. The summed E-state index contributed by atoms with van der Waals surface area (Å²) in [6.45, 7) is 14.3. The second-order valence-corrected chi connectivity index (χ2v) is 33.1. The molecule has 0 aliphatic carbocycles. The van der Waals surface area contributed by atoms with Gasteiger partial charge in [0.25, 0.3) is 0 Å². The summed E-state index contributed by atoms with van der Waals surface area (Å²) < 4.78 is 68.7. The van der Waals surface area contributed by atoms with Crippen molar-refractivity contribution in [2.75, 3.05) is 39.6 Å². The number of hydrogen-bond donors (Lipinski definition) is 3. The number of esters is 4. The SMILES string of the molecule is CCC(C)CCCCCCCCCCCCCCCCC(=O)O[C@H](COC(=O)CCCCCCCCCCCCCCCCC(C)C)COP(=O)(O)OCC(O)COP(=O)(O)OC[C@@H](COC(=O)CCCCCCCCCC(C)C)OC(=O)CCCCCCCCCCCCC(C)CC. The van der Waals surface area contributed by atoms with Crippen LogP contribution in [-0.4, -0.2) is 96.7 Å². The standard InChI is InChI=1S/C80H156O17P2/c1-9-72(7)58-50-42-34-26-20-16-12-14-18-22-29-37-46-54-62-79(84)96-75(66-90-77(82)60-52-44-36-28-21-17-13-11-15-19-25-32-40-48-56-70(3)4)68-94-98(86,87)92-64-74(81)65-93-99(88,89)95-69-76(67-91-78(83)61-53-45-39-31-33-41-49-57-71(5)6)97-80(85)63-55-47-38-30-24-23-27-35-43-51-59-73(8)10-2/h70-76,81H,9-69H2,1-8H3,(H,86,87)(H,88,89)/t72?,73?,74?,75-,76-/m1/s1. The van der Waals surface area contributed by atoms with Crippen LogP contribution in [0.1, 0.15) is 409 Å². The first-order valence-corrected chi connectivity index (χ1v) is 44.3. The van der Waals surface area contributed by atoms with Gasteiger partial charge in [0.2, 0.25) is 0 Å². The predicted octanol–water partition coefficient (Wildman–Crippen LogP) is 23.6. The van der Waals surface area contributed by atoms with E-state index in [9.17, 15) is 43.2 Å². The van der Waals surface area contributed by atoms with E-state index < -0.39 is 97.5 Å². The Morgan fingerprint density at radius 1 is 0.283 bits per heavy atom. The lowest BCUT2D eigenvalue weighted by atomic mass is 9.99. The van der Waals surface area contributed by atoms with Crippen LogP contribution >= 0.6 is 15.6 Å². The van der Waals surface area contributed by atoms with Gasteiger partial charge in [-0.3, -0.25) is 37.3 Å². The first-order valence-electron chi connectivity index (χ1n) is 41.3. The van der Waals surface area contributed by atoms with Crippen LogP contribution in [0.2, 0.25) is 0 Å². The van der Waals surface area contributed by atoms with Gasteiger partial charge in [-0.15, -0.1) is 0 Å². The van der Waals surface area contributed by atoms with Crippen molar-refractivity contribution < 1.29 is 80.2 Å². The second kappa shape index (κ2) is 69.1. The first-order chi connectivity index (χ1) is 47.7. The van der Waals surface area contributed by atoms with Gasteiger partial charge in [0.05, 0.1) is 26.4 Å². The third-order valence-electron chi connectivity index (χ3n) is 19.3. The number of rotatable bonds is 77. The lowest BCUT2D eigenvalue weighted by molar-refractivity contribution is -0.161. The minimum Gasteiger partial charge on any atom is -0.462 e. The average molecular weight is 1450 g/mol. The molecule has 0 aliphatic heterocycles. The number of ether oxygens (including phenoxy) is 4. The zero-order chi connectivity index (χ0) is 73.1. The van der Waals surface area contributed by atoms with E-state index in [0.29, 0.717) is 31.6 Å². The van der Waals surface area contributed by atoms with Gasteiger partial charge in [-0.1, -0.05) is 357 Å². The minimum absolute atomic E-state index is 0.105. The highest BCUT2D eigenvalue weighted by Crippen LogP contribution is 2.45. The maximum Gasteiger partial charge on any atom is 0.472 e. The Kier molecular flexibility index (Phi) is 67.8. The van der Waals surface area contributed by atoms with Crippen LogP contribution in [0.15, 0.2) is 0 Å². The van der Waals surface area contributed by atoms with E-state index in [-0.39, 0.29) is 25.7 Å². The number of hydrogen-bond acceptors (Lipinski definition) is 15. The number of phosphoric acid groups is 2. The molecule has 588 valence electrons. The monoisotopic (exact) mass is 1450 g/mol. The molecular formula is C80H156O17P2. The molecule has 0 heterocycles. The number of carbonyl (C=O) groups is 4. The summed E-state index contributed by atoms with van der Waals surface area (Å²) in [6, 6.07) is 0. The number of phosphoric ester groups is 2. The molecule has 3 N–H and O–H groups in total. The molecule has 5 unspecified atom stereocenters. The van der Waals surface area contributed by atoms with Crippen LogP contribution in [0.3, 0.4) is 0 Å². The summed E-state index contributed by atoms with van der Waals surface area (Å²) in [4.78, 5) is 73.0. The van der Waals surface area contributed by atoms with Crippen molar-refractivity contribution in [1.29, 1.82) is 0 Å². The normalized spacial score (nSPS) is 14.6. The number of unbranched alkanes of at least 4 members (excludes halogenated alkanes) is 41. The molecule has 0 aromatic carbocycles. The first kappa shape index (κ1) is 97.1. The van der Waals surface area contributed by atoms with Gasteiger partial charge in [0.1, 0.15) is 19.3 Å². The summed E-state index contributed by atoms with van der Waals surface area (Å²) in [5.74, 6) is 1.04. The molecule has 0 aliphatic rings. The highest BCUT2D eigenvalue weighted by Gasteiger charge is 2.30. The largest absolute Gasteiger partial charge is 0.472 e. The molecule has 0 rings (SSSR count). The van der Waals surface area contributed by atoms with Crippen LogP contribution in [0, 0.1) is 23.7 Å². The summed E-state index contributed by atoms with van der Waals surface area (Å²) in [6.07, 6.45) is 55.4. The lowest BCUT2D eigenvalue weighted by Gasteiger charge is -2.21. The molecule has 0 spiro atoms. The van der Waals surface area contributed by atoms with Gasteiger partial charge in [-0.05, 0) is 49.4 Å². The van der Waals surface area contributed by atoms with E-state index in [0.717, 1.165) is 114 Å². The summed E-state index contributed by atoms with van der Waals surface area (Å²) >= 11 is 0. The molecule has 0 radical (unpaired) electrons. The predicted molar refractivity (Wildman–Crippen MR) is 404 cm³/mol. The van der Waals surface area contributed by atoms with Gasteiger partial charge >= 0.3 is 39.5 Å². The Balaban J connectivity index is 5.26. The zero-order valence-electron chi connectivity index (χ0n) is 65.1. The fourth-order valence-corrected chi connectivity index (χ4v) is 13.8. The van der Waals surface area contributed by atoms with Gasteiger partial charge in [-0.25, -0.2) is 9.13 Å². The molecule has 0 aromatic rings. The van der Waals surface area contributed by atoms with Crippen LogP contribution in [0.5, 0.6) is 0 Å². The van der Waals surface area contributed by atoms with Gasteiger partial charge in [-0.2, -0.15) is 0 Å². The smallest absolute Gasteiger partial charge is 0.462 e. The fraction of sp³-hybridized carbons (Fsp3) is 0.950. The number of aliphatic hydroxyl groups is 1. The number of aliphatic hydroxyl groups excluding tert-OH is 1. The second-order valence-electron chi connectivity index (χ2n) is 30.2. The van der Waals surface area contributed by atoms with Crippen molar-refractivity contribution in [2.24, 2.45) is 23.7 Å². The van der Waals surface area contributed by atoms with Crippen molar-refractivity contribution in [3.8, 4) is 0 Å². The van der Waals surface area contributed by atoms with Crippen molar-refractivity contribution in [1.82, 2.24) is 0 Å². The molecule has 17 nitrogen and oxygen atoms in total. The van der Waals surface area contributed by atoms with Crippen LogP contribution in [-0.2, 0) is 65.4 Å². The van der Waals surface area contributed by atoms with Gasteiger partial charge in [0, 0.05) is 25.7 Å². The molecule has 99 heavy (non-hydrogen) atoms. The molecule has 7 atom stereocenters. The molecular weight excluding hydrogens is 1290 g/mol. The highest BCUT2D eigenvalue weighted by atomic mass is 31.2. The van der Waals surface area contributed by atoms with Crippen molar-refractivity contribution >= 4 is 39.5 Å². The molecule has 0 fully saturated rings. The van der Waals surface area contributed by atoms with E-state index in [1.807, 2.05) is 0 Å². The fourth-order valence-electron chi connectivity index (χ4n) is 12.2. The Morgan fingerprint density at radius 2 is 0.485 bits per heavy atom. The topological polar surface area (TPSA) is 237 Å². The summed E-state index contributed by atoms with van der Waals surface area (Å²) in [5.41, 5.74) is 0. The Morgan fingerprint density at radius 3 is 0.717 bits per heavy atom. The third kappa shape index (κ3) is 71.5. The molecule has 0 amide bonds. The van der Waals surface area contributed by atoms with E-state index in [1.54, 1.807) is 0 Å². The van der Waals surface area contributed by atoms with E-state index in [1.165, 1.54) is 205 Å². The third-order valence-corrected chi connectivity index (χ3v) is 21.2. The number of carbonyl (C=O) groups excluding carboxylic acids is 4. The van der Waals surface area contributed by atoms with E-state index in [4.69, 9.17) is 37.0 Å². The Bertz CT molecular complexity index is 1940. The van der Waals surface area contributed by atoms with Crippen molar-refractivity contribution in [3.05, 3.63) is 0 Å². The molecule has 19 heteroatoms. The maximum absolute atomic E-state index is 13.1. The quantitative estimate of drug-likeness (QED) is 0.0222. The zero-order valence-corrected chi connectivity index (χ0v) is 66.9. The summed E-state index contributed by atoms with van der Waals surface area (Å²) in [7, 11) is -9.92. The Hall–Kier alpha value is -1.94. The molecule has 0 bridgehead atoms. The van der Waals surface area contributed by atoms with Crippen LogP contribution in [0.4, 0.5) is 0 Å². The van der Waals surface area contributed by atoms with Crippen LogP contribution in [0.25, 0.3) is 0 Å². The van der Waals surface area contributed by atoms with Crippen molar-refractivity contribution in [2.45, 2.75) is 427 Å². The van der Waals surface area contributed by atoms with Gasteiger partial charge < -0.3 is 33.8 Å². The van der Waals surface area contributed by atoms with Crippen LogP contribution < -0.4 is 0 Å².